The minimum absolute atomic E-state index is 0. The Hall–Kier alpha value is -2.51. The van der Waals surface area contributed by atoms with Gasteiger partial charge in [0, 0.05) is 20.1 Å². The Kier molecular flexibility index (Phi) is 15.2. The van der Waals surface area contributed by atoms with Crippen LogP contribution in [0.4, 0.5) is 0 Å². The quantitative estimate of drug-likeness (QED) is 0.110. The van der Waals surface area contributed by atoms with Gasteiger partial charge in [-0.3, -0.25) is 4.79 Å². The van der Waals surface area contributed by atoms with Gasteiger partial charge in [-0.25, -0.2) is 9.67 Å². The Morgan fingerprint density at radius 1 is 1.03 bits per heavy atom. The molecule has 0 fully saturated rings. The Labute approximate surface area is 239 Å². The second-order valence-electron chi connectivity index (χ2n) is 8.84. The smallest absolute Gasteiger partial charge is 0.290 e. The van der Waals surface area contributed by atoms with Gasteiger partial charge in [-0.15, -0.1) is 12.4 Å². The zero-order valence-electron chi connectivity index (χ0n) is 21.0. The first-order chi connectivity index (χ1) is 16.7. The van der Waals surface area contributed by atoms with Crippen LogP contribution in [0.15, 0.2) is 68.9 Å². The number of aliphatic hydroxyl groups is 2. The molecule has 13 heteroatoms. The molecule has 0 aliphatic carbocycles. The first-order valence-corrected chi connectivity index (χ1v) is 12.3. The van der Waals surface area contributed by atoms with Crippen LogP contribution < -0.4 is 11.2 Å². The number of nitrogens with zero attached hydrogens (tertiary/aromatic N) is 4. The molecule has 0 unspecified atom stereocenters. The molecule has 0 radical (unpaired) electrons. The summed E-state index contributed by atoms with van der Waals surface area (Å²) in [5.74, 6) is 1.07. The standard InChI is InChI=1S/C12H14BrN3O.C11H16BrN3O.CH2O2.ClH/c1-12(2,17)7-16-8-14-11(15-16)9-3-5-10(13)6-4-9;1-11(2,16)7-14-15-10(13)8-3-5-9(12)6-4-8;2-1-3;/h3-6,8,17H,7H2,1-2H3;3-6,14,16H,7H2,1-2H3,(H2,13,15);1H,(H,2,3);1H. The first-order valence-electron chi connectivity index (χ1n) is 10.7. The van der Waals surface area contributed by atoms with Crippen LogP contribution >= 0.6 is 44.3 Å². The van der Waals surface area contributed by atoms with E-state index in [9.17, 15) is 10.2 Å². The molecule has 2 aromatic carbocycles. The Balaban J connectivity index is 0.000000619. The highest BCUT2D eigenvalue weighted by molar-refractivity contribution is 9.10. The normalized spacial score (nSPS) is 11.2. The van der Waals surface area contributed by atoms with Crippen LogP contribution in [0, 0.1) is 0 Å². The van der Waals surface area contributed by atoms with Crippen molar-refractivity contribution in [2.75, 3.05) is 6.54 Å². The Morgan fingerprint density at radius 2 is 1.51 bits per heavy atom. The van der Waals surface area contributed by atoms with Crippen molar-refractivity contribution in [3.63, 3.8) is 0 Å². The van der Waals surface area contributed by atoms with E-state index in [1.807, 2.05) is 48.5 Å². The van der Waals surface area contributed by atoms with Gasteiger partial charge < -0.3 is 26.5 Å². The van der Waals surface area contributed by atoms with Gasteiger partial charge >= 0.3 is 0 Å². The number of amidine groups is 1. The molecule has 0 saturated heterocycles. The third kappa shape index (κ3) is 15.4. The van der Waals surface area contributed by atoms with Crippen LogP contribution in [0.5, 0.6) is 0 Å². The average Bonchev–Trinajstić information content (AvgIpc) is 3.21. The summed E-state index contributed by atoms with van der Waals surface area (Å²) in [4.78, 5) is 12.6. The molecular formula is C24H33Br2ClN6O4. The number of benzene rings is 2. The maximum absolute atomic E-state index is 9.69. The van der Waals surface area contributed by atoms with Crippen molar-refractivity contribution < 1.29 is 20.1 Å². The highest BCUT2D eigenvalue weighted by Crippen LogP contribution is 2.18. The van der Waals surface area contributed by atoms with Gasteiger partial charge in [0.05, 0.1) is 24.3 Å². The zero-order chi connectivity index (χ0) is 27.4. The van der Waals surface area contributed by atoms with E-state index in [1.165, 1.54) is 0 Å². The number of nitrogens with one attached hydrogen (secondary N) is 1. The van der Waals surface area contributed by atoms with Crippen molar-refractivity contribution in [3.05, 3.63) is 69.4 Å². The molecule has 0 atom stereocenters. The van der Waals surface area contributed by atoms with Gasteiger partial charge in [-0.2, -0.15) is 10.2 Å². The van der Waals surface area contributed by atoms with Crippen molar-refractivity contribution in [1.82, 2.24) is 20.2 Å². The van der Waals surface area contributed by atoms with E-state index in [-0.39, 0.29) is 18.9 Å². The van der Waals surface area contributed by atoms with Gasteiger partial charge in [0.15, 0.2) is 11.7 Å². The van der Waals surface area contributed by atoms with Crippen LogP contribution in [-0.4, -0.2) is 60.1 Å². The molecule has 204 valence electrons. The van der Waals surface area contributed by atoms with E-state index >= 15 is 0 Å². The van der Waals surface area contributed by atoms with Gasteiger partial charge in [0.25, 0.3) is 6.47 Å². The number of carboxylic acid groups (broad SMARTS) is 1. The SMILES string of the molecule is CC(C)(O)CNN=C(N)c1ccc(Br)cc1.CC(C)(O)Cn1cnc(-c2ccc(Br)cc2)n1.Cl.O=CO. The van der Waals surface area contributed by atoms with Gasteiger partial charge in [0.2, 0.25) is 0 Å². The predicted octanol–water partition coefficient (Wildman–Crippen LogP) is 4.03. The van der Waals surface area contributed by atoms with E-state index in [0.29, 0.717) is 24.7 Å². The number of hydrogen-bond acceptors (Lipinski definition) is 7. The summed E-state index contributed by atoms with van der Waals surface area (Å²) in [5, 5.41) is 34.3. The molecule has 0 aliphatic heterocycles. The van der Waals surface area contributed by atoms with E-state index in [0.717, 1.165) is 20.1 Å². The number of nitrogens with two attached hydrogens (primary N) is 1. The molecule has 0 bridgehead atoms. The minimum atomic E-state index is -0.802. The fourth-order valence-electron chi connectivity index (χ4n) is 2.50. The number of hydrogen-bond donors (Lipinski definition) is 5. The lowest BCUT2D eigenvalue weighted by Gasteiger charge is -2.16. The molecule has 1 aromatic heterocycles. The summed E-state index contributed by atoms with van der Waals surface area (Å²) >= 11 is 6.73. The van der Waals surface area contributed by atoms with Crippen molar-refractivity contribution in [2.24, 2.45) is 10.8 Å². The third-order valence-electron chi connectivity index (χ3n) is 4.04. The number of halogens is 3. The third-order valence-corrected chi connectivity index (χ3v) is 5.10. The van der Waals surface area contributed by atoms with E-state index in [1.54, 1.807) is 38.7 Å². The highest BCUT2D eigenvalue weighted by Gasteiger charge is 2.15. The van der Waals surface area contributed by atoms with Crippen LogP contribution in [-0.2, 0) is 11.3 Å². The van der Waals surface area contributed by atoms with Crippen molar-refractivity contribution >= 4 is 56.6 Å². The molecule has 0 aliphatic rings. The minimum Gasteiger partial charge on any atom is -0.483 e. The van der Waals surface area contributed by atoms with Crippen LogP contribution in [0.3, 0.4) is 0 Å². The molecule has 6 N–H and O–H groups in total. The molecule has 0 saturated carbocycles. The zero-order valence-corrected chi connectivity index (χ0v) is 25.0. The molecule has 0 amide bonds. The summed E-state index contributed by atoms with van der Waals surface area (Å²) in [6.45, 7) is 7.42. The average molecular weight is 665 g/mol. The largest absolute Gasteiger partial charge is 0.483 e. The monoisotopic (exact) mass is 662 g/mol. The second-order valence-corrected chi connectivity index (χ2v) is 10.7. The molecular weight excluding hydrogens is 632 g/mol. The number of aromatic nitrogens is 3. The van der Waals surface area contributed by atoms with E-state index in [2.05, 4.69) is 52.5 Å². The summed E-state index contributed by atoms with van der Waals surface area (Å²) in [6.07, 6.45) is 1.63. The fraction of sp³-hybridized carbons (Fsp3) is 0.333. The van der Waals surface area contributed by atoms with Crippen LogP contribution in [0.25, 0.3) is 11.4 Å². The van der Waals surface area contributed by atoms with Gasteiger partial charge in [0.1, 0.15) is 6.33 Å². The number of rotatable bonds is 7. The topological polar surface area (TPSA) is 159 Å². The summed E-state index contributed by atoms with van der Waals surface area (Å²) < 4.78 is 3.67. The van der Waals surface area contributed by atoms with Gasteiger partial charge in [-0.05, 0) is 52.0 Å². The van der Waals surface area contributed by atoms with Crippen LogP contribution in [0.1, 0.15) is 33.3 Å². The van der Waals surface area contributed by atoms with Gasteiger partial charge in [-0.1, -0.05) is 56.1 Å². The second kappa shape index (κ2) is 16.4. The first kappa shape index (κ1) is 34.5. The molecule has 10 nitrogen and oxygen atoms in total. The highest BCUT2D eigenvalue weighted by atomic mass is 79.9. The van der Waals surface area contributed by atoms with E-state index in [4.69, 9.17) is 15.6 Å². The van der Waals surface area contributed by atoms with E-state index < -0.39 is 11.2 Å². The lowest BCUT2D eigenvalue weighted by Crippen LogP contribution is -2.33. The number of carbonyl (C=O) groups is 1. The molecule has 0 spiro atoms. The lowest BCUT2D eigenvalue weighted by atomic mass is 10.1. The summed E-state index contributed by atoms with van der Waals surface area (Å²) in [6, 6.07) is 15.3. The van der Waals surface area contributed by atoms with Crippen molar-refractivity contribution in [3.8, 4) is 11.4 Å². The molecule has 1 heterocycles. The summed E-state index contributed by atoms with van der Waals surface area (Å²) in [7, 11) is 0. The molecule has 37 heavy (non-hydrogen) atoms. The van der Waals surface area contributed by atoms with Crippen LogP contribution in [0.2, 0.25) is 0 Å². The number of hydrazone groups is 1. The van der Waals surface area contributed by atoms with Crippen molar-refractivity contribution in [1.29, 1.82) is 0 Å². The molecule has 3 aromatic rings. The Bertz CT molecular complexity index is 1100. The Morgan fingerprint density at radius 3 is 1.97 bits per heavy atom. The maximum atomic E-state index is 9.69. The summed E-state index contributed by atoms with van der Waals surface area (Å²) in [5.41, 5.74) is 8.72. The molecule has 3 rings (SSSR count). The fourth-order valence-corrected chi connectivity index (χ4v) is 3.03. The predicted molar refractivity (Wildman–Crippen MR) is 155 cm³/mol. The van der Waals surface area contributed by atoms with Crippen molar-refractivity contribution in [2.45, 2.75) is 45.4 Å². The maximum Gasteiger partial charge on any atom is 0.290 e. The lowest BCUT2D eigenvalue weighted by molar-refractivity contribution is -0.122.